The normalized spacial score (nSPS) is 11.4. The summed E-state index contributed by atoms with van der Waals surface area (Å²) in [4.78, 5) is 25.0. The third-order valence-electron chi connectivity index (χ3n) is 5.22. The van der Waals surface area contributed by atoms with Crippen LogP contribution in [-0.2, 0) is 22.7 Å². The highest BCUT2D eigenvalue weighted by Gasteiger charge is 2.16. The number of anilines is 3. The molecule has 0 atom stereocenters. The highest BCUT2D eigenvalue weighted by atomic mass is 16.5. The number of nitrogens with two attached hydrogens (primary N) is 1. The van der Waals surface area contributed by atoms with Crippen LogP contribution in [0.2, 0.25) is 0 Å². The van der Waals surface area contributed by atoms with Crippen LogP contribution in [0, 0.1) is 38.0 Å². The number of carbonyl (C=O) groups excluding carboxylic acids is 1. The van der Waals surface area contributed by atoms with Crippen molar-refractivity contribution in [2.45, 2.75) is 47.8 Å². The van der Waals surface area contributed by atoms with Crippen molar-refractivity contribution >= 4 is 29.6 Å². The summed E-state index contributed by atoms with van der Waals surface area (Å²) < 4.78 is 7.48. The zero-order chi connectivity index (χ0) is 24.8. The Labute approximate surface area is 199 Å². The number of rotatable bonds is 8. The molecule has 3 aromatic rings. The standard InChI is InChI=1S/C25H29N7O2/c1-15(2)13-32-17(4)10-19(18(32)5)11-20(12-26)23(33)34-14-22-29-24(27)31-25(30-22)28-21-9-7-6-8-16(21)3/h6-11,15H,13-14H2,1-5H3,(H3,27,28,29,30,31)/b20-11+. The molecule has 0 aliphatic heterocycles. The van der Waals surface area contributed by atoms with Crippen LogP contribution in [0.5, 0.6) is 0 Å². The molecule has 0 radical (unpaired) electrons. The molecule has 0 amide bonds. The van der Waals surface area contributed by atoms with Gasteiger partial charge in [-0.25, -0.2) is 4.79 Å². The van der Waals surface area contributed by atoms with E-state index in [9.17, 15) is 10.1 Å². The minimum Gasteiger partial charge on any atom is -0.453 e. The van der Waals surface area contributed by atoms with E-state index in [2.05, 4.69) is 38.7 Å². The van der Waals surface area contributed by atoms with Gasteiger partial charge in [-0.2, -0.15) is 20.2 Å². The first kappa shape index (κ1) is 24.5. The van der Waals surface area contributed by atoms with Crippen molar-refractivity contribution < 1.29 is 9.53 Å². The van der Waals surface area contributed by atoms with Crippen LogP contribution in [0.3, 0.4) is 0 Å². The van der Waals surface area contributed by atoms with Gasteiger partial charge < -0.3 is 20.4 Å². The van der Waals surface area contributed by atoms with E-state index in [4.69, 9.17) is 10.5 Å². The van der Waals surface area contributed by atoms with E-state index in [0.29, 0.717) is 5.92 Å². The van der Waals surface area contributed by atoms with Crippen molar-refractivity contribution in [2.24, 2.45) is 5.92 Å². The molecule has 2 aromatic heterocycles. The Kier molecular flexibility index (Phi) is 7.64. The molecule has 9 heteroatoms. The van der Waals surface area contributed by atoms with Gasteiger partial charge >= 0.3 is 5.97 Å². The van der Waals surface area contributed by atoms with Crippen LogP contribution >= 0.6 is 0 Å². The molecule has 0 bridgehead atoms. The Bertz CT molecular complexity index is 1270. The van der Waals surface area contributed by atoms with E-state index >= 15 is 0 Å². The second-order valence-corrected chi connectivity index (χ2v) is 8.45. The second kappa shape index (κ2) is 10.6. The average Bonchev–Trinajstić information content (AvgIpc) is 3.04. The van der Waals surface area contributed by atoms with Gasteiger partial charge in [0.2, 0.25) is 11.9 Å². The summed E-state index contributed by atoms with van der Waals surface area (Å²) in [5.41, 5.74) is 10.4. The number of nitrogen functional groups attached to an aromatic ring is 1. The van der Waals surface area contributed by atoms with E-state index < -0.39 is 5.97 Å². The second-order valence-electron chi connectivity index (χ2n) is 8.45. The van der Waals surface area contributed by atoms with E-state index in [1.54, 1.807) is 6.08 Å². The number of nitrogens with one attached hydrogen (secondary N) is 1. The number of benzene rings is 1. The molecule has 0 fully saturated rings. The maximum absolute atomic E-state index is 12.6. The number of para-hydroxylation sites is 1. The molecule has 0 saturated carbocycles. The summed E-state index contributed by atoms with van der Waals surface area (Å²) in [6, 6.07) is 11.5. The van der Waals surface area contributed by atoms with Gasteiger partial charge in [-0.05, 0) is 56.0 Å². The molecule has 1 aromatic carbocycles. The lowest BCUT2D eigenvalue weighted by Gasteiger charge is -2.12. The maximum atomic E-state index is 12.6. The summed E-state index contributed by atoms with van der Waals surface area (Å²) >= 11 is 0. The number of aryl methyl sites for hydroxylation is 2. The smallest absolute Gasteiger partial charge is 0.349 e. The molecular formula is C25H29N7O2. The average molecular weight is 460 g/mol. The van der Waals surface area contributed by atoms with Gasteiger partial charge in [0, 0.05) is 23.6 Å². The number of hydrogen-bond acceptors (Lipinski definition) is 8. The fourth-order valence-electron chi connectivity index (χ4n) is 3.51. The third kappa shape index (κ3) is 5.98. The summed E-state index contributed by atoms with van der Waals surface area (Å²) in [7, 11) is 0. The van der Waals surface area contributed by atoms with Crippen LogP contribution in [-0.4, -0.2) is 25.5 Å². The number of nitriles is 1. The van der Waals surface area contributed by atoms with Crippen molar-refractivity contribution in [3.8, 4) is 6.07 Å². The molecule has 9 nitrogen and oxygen atoms in total. The first-order valence-corrected chi connectivity index (χ1v) is 11.0. The van der Waals surface area contributed by atoms with Crippen LogP contribution in [0.4, 0.5) is 17.6 Å². The number of ether oxygens (including phenoxy) is 1. The lowest BCUT2D eigenvalue weighted by atomic mass is 10.1. The van der Waals surface area contributed by atoms with E-state index in [0.717, 1.165) is 34.7 Å². The minimum absolute atomic E-state index is 0.00854. The lowest BCUT2D eigenvalue weighted by molar-refractivity contribution is -0.139. The topological polar surface area (TPSA) is 132 Å². The van der Waals surface area contributed by atoms with Crippen molar-refractivity contribution in [3.05, 3.63) is 64.2 Å². The SMILES string of the molecule is Cc1ccccc1Nc1nc(N)nc(COC(=O)/C(C#N)=C/c2cc(C)n(CC(C)C)c2C)n1. The molecule has 0 saturated heterocycles. The van der Waals surface area contributed by atoms with E-state index in [1.165, 1.54) is 0 Å². The lowest BCUT2D eigenvalue weighted by Crippen LogP contribution is -2.12. The first-order valence-electron chi connectivity index (χ1n) is 11.0. The monoisotopic (exact) mass is 459 g/mol. The molecule has 3 rings (SSSR count). The van der Waals surface area contributed by atoms with Crippen molar-refractivity contribution in [2.75, 3.05) is 11.1 Å². The van der Waals surface area contributed by atoms with Gasteiger partial charge in [0.05, 0.1) is 0 Å². The van der Waals surface area contributed by atoms with Crippen molar-refractivity contribution in [1.82, 2.24) is 19.5 Å². The van der Waals surface area contributed by atoms with Crippen LogP contribution < -0.4 is 11.1 Å². The summed E-state index contributed by atoms with van der Waals surface area (Å²) in [5.74, 6) is 0.111. The van der Waals surface area contributed by atoms with Gasteiger partial charge in [0.25, 0.3) is 0 Å². The summed E-state index contributed by atoms with van der Waals surface area (Å²) in [6.07, 6.45) is 1.55. The third-order valence-corrected chi connectivity index (χ3v) is 5.22. The Morgan fingerprint density at radius 1 is 1.24 bits per heavy atom. The molecule has 0 spiro atoms. The van der Waals surface area contributed by atoms with Crippen molar-refractivity contribution in [3.63, 3.8) is 0 Å². The Morgan fingerprint density at radius 2 is 1.97 bits per heavy atom. The molecule has 2 heterocycles. The molecular weight excluding hydrogens is 430 g/mol. The molecule has 3 N–H and O–H groups in total. The summed E-state index contributed by atoms with van der Waals surface area (Å²) in [5, 5.41) is 12.6. The predicted octanol–water partition coefficient (Wildman–Crippen LogP) is 4.23. The molecule has 176 valence electrons. The number of esters is 1. The maximum Gasteiger partial charge on any atom is 0.349 e. The fraction of sp³-hybridized carbons (Fsp3) is 0.320. The zero-order valence-corrected chi connectivity index (χ0v) is 20.1. The van der Waals surface area contributed by atoms with Gasteiger partial charge in [0.1, 0.15) is 11.6 Å². The van der Waals surface area contributed by atoms with Gasteiger partial charge in [0.15, 0.2) is 12.4 Å². The molecule has 0 aliphatic carbocycles. The molecule has 0 aliphatic rings. The highest BCUT2D eigenvalue weighted by molar-refractivity contribution is 5.98. The Hall–Kier alpha value is -4.19. The Balaban J connectivity index is 1.74. The van der Waals surface area contributed by atoms with Gasteiger partial charge in [-0.1, -0.05) is 32.0 Å². The number of aromatic nitrogens is 4. The zero-order valence-electron chi connectivity index (χ0n) is 20.1. The molecule has 34 heavy (non-hydrogen) atoms. The van der Waals surface area contributed by atoms with Crippen molar-refractivity contribution in [1.29, 1.82) is 5.26 Å². The predicted molar refractivity (Wildman–Crippen MR) is 131 cm³/mol. The number of hydrogen-bond donors (Lipinski definition) is 2. The first-order chi connectivity index (χ1) is 16.2. The highest BCUT2D eigenvalue weighted by Crippen LogP contribution is 2.21. The summed E-state index contributed by atoms with van der Waals surface area (Å²) in [6.45, 7) is 10.8. The van der Waals surface area contributed by atoms with Gasteiger partial charge in [-0.15, -0.1) is 0 Å². The van der Waals surface area contributed by atoms with E-state index in [-0.39, 0.29) is 29.9 Å². The number of nitrogens with zero attached hydrogens (tertiary/aromatic N) is 5. The fourth-order valence-corrected chi connectivity index (χ4v) is 3.51. The largest absolute Gasteiger partial charge is 0.453 e. The van der Waals surface area contributed by atoms with Gasteiger partial charge in [-0.3, -0.25) is 0 Å². The van der Waals surface area contributed by atoms with E-state index in [1.807, 2.05) is 57.2 Å². The van der Waals surface area contributed by atoms with Crippen LogP contribution in [0.15, 0.2) is 35.9 Å². The van der Waals surface area contributed by atoms with Crippen LogP contribution in [0.25, 0.3) is 6.08 Å². The number of carbonyl (C=O) groups is 1. The quantitative estimate of drug-likeness (QED) is 0.291. The Morgan fingerprint density at radius 3 is 2.65 bits per heavy atom. The van der Waals surface area contributed by atoms with Crippen LogP contribution in [0.1, 0.15) is 42.2 Å². The molecule has 0 unspecified atom stereocenters. The minimum atomic E-state index is -0.761.